The maximum Gasteiger partial charge on any atom is 0.407 e. The van der Waals surface area contributed by atoms with Gasteiger partial charge in [-0.1, -0.05) is 32.1 Å². The van der Waals surface area contributed by atoms with E-state index in [2.05, 4.69) is 27.7 Å². The van der Waals surface area contributed by atoms with E-state index in [9.17, 15) is 9.59 Å². The van der Waals surface area contributed by atoms with E-state index in [4.69, 9.17) is 4.74 Å². The number of hydrogen-bond donors (Lipinski definition) is 2. The van der Waals surface area contributed by atoms with Gasteiger partial charge in [0.1, 0.15) is 5.60 Å². The van der Waals surface area contributed by atoms with E-state index in [1.54, 1.807) is 0 Å². The van der Waals surface area contributed by atoms with Crippen LogP contribution in [0.3, 0.4) is 0 Å². The van der Waals surface area contributed by atoms with Gasteiger partial charge in [0.15, 0.2) is 0 Å². The molecule has 2 aliphatic rings. The van der Waals surface area contributed by atoms with Crippen LogP contribution in [0.15, 0.2) is 18.2 Å². The molecular weight excluding hydrogens is 402 g/mol. The average molecular weight is 444 g/mol. The molecule has 1 heterocycles. The maximum absolute atomic E-state index is 12.6. The van der Waals surface area contributed by atoms with Gasteiger partial charge >= 0.3 is 6.09 Å². The van der Waals surface area contributed by atoms with Crippen molar-refractivity contribution in [3.8, 4) is 0 Å². The zero-order chi connectivity index (χ0) is 23.1. The third-order valence-corrected chi connectivity index (χ3v) is 6.46. The zero-order valence-electron chi connectivity index (χ0n) is 20.3. The van der Waals surface area contributed by atoms with Crippen LogP contribution >= 0.6 is 0 Å². The lowest BCUT2D eigenvalue weighted by molar-refractivity contribution is -0.117. The molecule has 3 rings (SSSR count). The monoisotopic (exact) mass is 443 g/mol. The predicted molar refractivity (Wildman–Crippen MR) is 130 cm³/mol. The van der Waals surface area contributed by atoms with Gasteiger partial charge in [-0.2, -0.15) is 0 Å². The highest BCUT2D eigenvalue weighted by Gasteiger charge is 2.26. The number of aryl methyl sites for hydroxylation is 1. The molecule has 1 aromatic carbocycles. The predicted octanol–water partition coefficient (Wildman–Crippen LogP) is 5.79. The number of nitrogens with zero attached hydrogens (tertiary/aromatic N) is 1. The van der Waals surface area contributed by atoms with E-state index in [1.165, 1.54) is 44.9 Å². The summed E-state index contributed by atoms with van der Waals surface area (Å²) < 4.78 is 5.37. The van der Waals surface area contributed by atoms with Crippen LogP contribution in [0.2, 0.25) is 0 Å². The lowest BCUT2D eigenvalue weighted by Gasteiger charge is -2.23. The van der Waals surface area contributed by atoms with Crippen molar-refractivity contribution < 1.29 is 14.3 Å². The molecule has 32 heavy (non-hydrogen) atoms. The SMILES string of the molecule is Cc1cc(N2CCC(NC(=O)OC(C)(C)C)C2)ccc1NC(=O)CC1CCCCCCC1. The van der Waals surface area contributed by atoms with Gasteiger partial charge in [-0.05, 0) is 76.6 Å². The van der Waals surface area contributed by atoms with Crippen molar-refractivity contribution in [2.24, 2.45) is 5.92 Å². The molecule has 6 nitrogen and oxygen atoms in total. The quantitative estimate of drug-likeness (QED) is 0.604. The zero-order valence-corrected chi connectivity index (χ0v) is 20.3. The smallest absolute Gasteiger partial charge is 0.407 e. The van der Waals surface area contributed by atoms with Gasteiger partial charge in [-0.3, -0.25) is 4.79 Å². The van der Waals surface area contributed by atoms with E-state index in [0.717, 1.165) is 36.4 Å². The van der Waals surface area contributed by atoms with Crippen LogP contribution in [0.1, 0.15) is 84.1 Å². The minimum atomic E-state index is -0.491. The Morgan fingerprint density at radius 3 is 2.41 bits per heavy atom. The molecule has 1 unspecified atom stereocenters. The standard InChI is InChI=1S/C26H41N3O3/c1-19-16-22(29-15-14-21(18-29)27-25(31)32-26(2,3)4)12-13-23(19)28-24(30)17-20-10-8-6-5-7-9-11-20/h12-13,16,20-21H,5-11,14-15,17-18H2,1-4H3,(H,27,31)(H,28,30). The number of alkyl carbamates (subject to hydrolysis) is 1. The maximum atomic E-state index is 12.6. The number of carbonyl (C=O) groups is 2. The number of amides is 2. The van der Waals surface area contributed by atoms with E-state index in [-0.39, 0.29) is 18.0 Å². The molecule has 1 saturated heterocycles. The van der Waals surface area contributed by atoms with Gasteiger partial charge in [0.05, 0.1) is 6.04 Å². The van der Waals surface area contributed by atoms with Crippen molar-refractivity contribution in [3.05, 3.63) is 23.8 Å². The van der Waals surface area contributed by atoms with E-state index >= 15 is 0 Å². The summed E-state index contributed by atoms with van der Waals surface area (Å²) in [4.78, 5) is 27.0. The second kappa shape index (κ2) is 11.1. The third kappa shape index (κ3) is 7.72. The topological polar surface area (TPSA) is 70.7 Å². The fourth-order valence-electron chi connectivity index (χ4n) is 4.78. The first-order chi connectivity index (χ1) is 15.2. The Balaban J connectivity index is 1.50. The minimum Gasteiger partial charge on any atom is -0.444 e. The summed E-state index contributed by atoms with van der Waals surface area (Å²) in [6.07, 6.45) is 9.99. The van der Waals surface area contributed by atoms with Crippen LogP contribution < -0.4 is 15.5 Å². The number of carbonyl (C=O) groups excluding carboxylic acids is 2. The molecule has 0 radical (unpaired) electrons. The van der Waals surface area contributed by atoms with Crippen molar-refractivity contribution in [2.75, 3.05) is 23.3 Å². The minimum absolute atomic E-state index is 0.0771. The number of nitrogens with one attached hydrogen (secondary N) is 2. The summed E-state index contributed by atoms with van der Waals surface area (Å²) in [6.45, 7) is 9.29. The molecule has 1 aliphatic heterocycles. The largest absolute Gasteiger partial charge is 0.444 e. The first-order valence-electron chi connectivity index (χ1n) is 12.3. The van der Waals surface area contributed by atoms with Gasteiger partial charge in [-0.25, -0.2) is 4.79 Å². The number of anilines is 2. The molecule has 2 fully saturated rings. The molecule has 178 valence electrons. The van der Waals surface area contributed by atoms with Crippen LogP contribution in [0.25, 0.3) is 0 Å². The first-order valence-corrected chi connectivity index (χ1v) is 12.3. The molecule has 0 aromatic heterocycles. The molecule has 0 spiro atoms. The average Bonchev–Trinajstić information content (AvgIpc) is 3.12. The van der Waals surface area contributed by atoms with Gasteiger partial charge in [-0.15, -0.1) is 0 Å². The summed E-state index contributed by atoms with van der Waals surface area (Å²) in [7, 11) is 0. The molecule has 1 saturated carbocycles. The van der Waals surface area contributed by atoms with Gasteiger partial charge in [0.2, 0.25) is 5.91 Å². The molecular formula is C26H41N3O3. The van der Waals surface area contributed by atoms with E-state index < -0.39 is 5.60 Å². The van der Waals surface area contributed by atoms with Gasteiger partial charge in [0.25, 0.3) is 0 Å². The molecule has 6 heteroatoms. The van der Waals surface area contributed by atoms with Crippen molar-refractivity contribution in [3.63, 3.8) is 0 Å². The number of benzene rings is 1. The second-order valence-corrected chi connectivity index (χ2v) is 10.5. The van der Waals surface area contributed by atoms with E-state index in [1.807, 2.05) is 33.8 Å². The molecule has 2 amide bonds. The van der Waals surface area contributed by atoms with Crippen molar-refractivity contribution in [1.82, 2.24) is 5.32 Å². The highest BCUT2D eigenvalue weighted by molar-refractivity contribution is 5.92. The van der Waals surface area contributed by atoms with Crippen LogP contribution in [0, 0.1) is 12.8 Å². The van der Waals surface area contributed by atoms with Gasteiger partial charge < -0.3 is 20.3 Å². The molecule has 2 N–H and O–H groups in total. The summed E-state index contributed by atoms with van der Waals surface area (Å²) in [5.41, 5.74) is 2.59. The summed E-state index contributed by atoms with van der Waals surface area (Å²) >= 11 is 0. The molecule has 1 aromatic rings. The Kier molecular flexibility index (Phi) is 8.44. The van der Waals surface area contributed by atoms with Crippen molar-refractivity contribution in [2.45, 2.75) is 97.1 Å². The Morgan fingerprint density at radius 1 is 1.06 bits per heavy atom. The molecule has 0 bridgehead atoms. The number of hydrogen-bond acceptors (Lipinski definition) is 4. The van der Waals surface area contributed by atoms with Crippen LogP contribution in [-0.4, -0.2) is 36.7 Å². The fourth-order valence-corrected chi connectivity index (χ4v) is 4.78. The van der Waals surface area contributed by atoms with Crippen LogP contribution in [0.5, 0.6) is 0 Å². The third-order valence-electron chi connectivity index (χ3n) is 6.46. The number of ether oxygens (including phenoxy) is 1. The lowest BCUT2D eigenvalue weighted by Crippen LogP contribution is -2.40. The van der Waals surface area contributed by atoms with Gasteiger partial charge in [0, 0.05) is 30.9 Å². The summed E-state index contributed by atoms with van der Waals surface area (Å²) in [6, 6.07) is 6.28. The van der Waals surface area contributed by atoms with Crippen molar-refractivity contribution >= 4 is 23.4 Å². The van der Waals surface area contributed by atoms with Crippen molar-refractivity contribution in [1.29, 1.82) is 0 Å². The van der Waals surface area contributed by atoms with Crippen LogP contribution in [-0.2, 0) is 9.53 Å². The Morgan fingerprint density at radius 2 is 1.75 bits per heavy atom. The Bertz CT molecular complexity index is 779. The normalized spacial score (nSPS) is 20.4. The number of rotatable bonds is 5. The molecule has 1 atom stereocenters. The Labute approximate surface area is 193 Å². The van der Waals surface area contributed by atoms with Crippen LogP contribution in [0.4, 0.5) is 16.2 Å². The summed E-state index contributed by atoms with van der Waals surface area (Å²) in [5, 5.41) is 6.11. The Hall–Kier alpha value is -2.24. The lowest BCUT2D eigenvalue weighted by atomic mass is 9.88. The summed E-state index contributed by atoms with van der Waals surface area (Å²) in [5.74, 6) is 0.656. The highest BCUT2D eigenvalue weighted by Crippen LogP contribution is 2.28. The fraction of sp³-hybridized carbons (Fsp3) is 0.692. The first kappa shape index (κ1) is 24.4. The van der Waals surface area contributed by atoms with E-state index in [0.29, 0.717) is 12.3 Å². The second-order valence-electron chi connectivity index (χ2n) is 10.5. The molecule has 1 aliphatic carbocycles. The highest BCUT2D eigenvalue weighted by atomic mass is 16.6.